The number of ketones is 2. The quantitative estimate of drug-likeness (QED) is 0.908. The van der Waals surface area contributed by atoms with Gasteiger partial charge in [0.2, 0.25) is 5.78 Å². The van der Waals surface area contributed by atoms with Crippen LogP contribution in [0.1, 0.15) is 38.0 Å². The van der Waals surface area contributed by atoms with Crippen molar-refractivity contribution >= 4 is 22.9 Å². The first-order valence-corrected chi connectivity index (χ1v) is 7.71. The number of carbonyl (C=O) groups is 2. The Kier molecular flexibility index (Phi) is 3.67. The van der Waals surface area contributed by atoms with Crippen molar-refractivity contribution in [2.45, 2.75) is 19.8 Å². The number of Topliss-reactive ketones (excluding diaryl/α,β-unsaturated/α-hetero) is 1. The summed E-state index contributed by atoms with van der Waals surface area (Å²) in [6.07, 6.45) is 3.91. The zero-order chi connectivity index (χ0) is 14.1. The number of allylic oxidation sites excluding steroid dienone is 2. The minimum absolute atomic E-state index is 0.117. The first kappa shape index (κ1) is 13.5. The molecule has 3 rings (SSSR count). The van der Waals surface area contributed by atoms with Gasteiger partial charge in [-0.2, -0.15) is 0 Å². The lowest BCUT2D eigenvalue weighted by atomic mass is 10.0. The molecule has 1 aromatic rings. The highest BCUT2D eigenvalue weighted by molar-refractivity contribution is 7.14. The van der Waals surface area contributed by atoms with Crippen LogP contribution in [0.25, 0.3) is 0 Å². The van der Waals surface area contributed by atoms with Gasteiger partial charge in [0.1, 0.15) is 10.6 Å². The van der Waals surface area contributed by atoms with Gasteiger partial charge < -0.3 is 10.2 Å². The minimum Gasteiger partial charge on any atom is -0.380 e. The fourth-order valence-corrected chi connectivity index (χ4v) is 3.45. The summed E-state index contributed by atoms with van der Waals surface area (Å²) >= 11 is 1.29. The fraction of sp³-hybridized carbons (Fsp3) is 0.500. The number of thiazole rings is 1. The molecule has 1 aromatic heterocycles. The zero-order valence-electron chi connectivity index (χ0n) is 11.4. The largest absolute Gasteiger partial charge is 0.380 e. The van der Waals surface area contributed by atoms with E-state index in [1.54, 1.807) is 0 Å². The van der Waals surface area contributed by atoms with Crippen LogP contribution in [0.3, 0.4) is 0 Å². The van der Waals surface area contributed by atoms with Crippen LogP contribution in [0.5, 0.6) is 0 Å². The topological polar surface area (TPSA) is 62.3 Å². The summed E-state index contributed by atoms with van der Waals surface area (Å²) in [5.41, 5.74) is 0.690. The van der Waals surface area contributed by atoms with Crippen LogP contribution >= 0.6 is 11.3 Å². The van der Waals surface area contributed by atoms with E-state index in [0.29, 0.717) is 22.8 Å². The van der Waals surface area contributed by atoms with Crippen LogP contribution in [0.4, 0.5) is 0 Å². The van der Waals surface area contributed by atoms with Gasteiger partial charge in [-0.1, -0.05) is 0 Å². The second kappa shape index (κ2) is 5.46. The molecular weight excluding hydrogens is 274 g/mol. The van der Waals surface area contributed by atoms with Crippen molar-refractivity contribution in [1.29, 1.82) is 0 Å². The molecule has 1 saturated heterocycles. The summed E-state index contributed by atoms with van der Waals surface area (Å²) < 4.78 is 0. The SMILES string of the molecule is Cc1nc2c(s1)C(=O)C=C(NCCN1CCCC1)C2=O. The maximum atomic E-state index is 12.3. The number of rotatable bonds is 4. The van der Waals surface area contributed by atoms with Crippen molar-refractivity contribution in [3.63, 3.8) is 0 Å². The van der Waals surface area contributed by atoms with Crippen molar-refractivity contribution in [2.75, 3.05) is 26.2 Å². The predicted molar refractivity (Wildman–Crippen MR) is 77.3 cm³/mol. The molecule has 0 spiro atoms. The van der Waals surface area contributed by atoms with Gasteiger partial charge in [0, 0.05) is 19.2 Å². The van der Waals surface area contributed by atoms with E-state index in [-0.39, 0.29) is 11.6 Å². The number of likely N-dealkylation sites (tertiary alicyclic amines) is 1. The molecule has 1 fully saturated rings. The summed E-state index contributed by atoms with van der Waals surface area (Å²) in [4.78, 5) is 31.2. The number of nitrogens with zero attached hydrogens (tertiary/aromatic N) is 2. The van der Waals surface area contributed by atoms with E-state index in [0.717, 1.165) is 24.6 Å². The number of nitrogens with one attached hydrogen (secondary N) is 1. The number of aromatic nitrogens is 1. The van der Waals surface area contributed by atoms with Crippen molar-refractivity contribution in [3.8, 4) is 0 Å². The van der Waals surface area contributed by atoms with Gasteiger partial charge in [0.15, 0.2) is 5.78 Å². The molecule has 1 aliphatic heterocycles. The predicted octanol–water partition coefficient (Wildman–Crippen LogP) is 1.40. The van der Waals surface area contributed by atoms with Gasteiger partial charge in [-0.05, 0) is 32.9 Å². The molecule has 1 N–H and O–H groups in total. The van der Waals surface area contributed by atoms with Gasteiger partial charge in [0.25, 0.3) is 0 Å². The number of carbonyl (C=O) groups excluding carboxylic acids is 2. The molecule has 0 aromatic carbocycles. The highest BCUT2D eigenvalue weighted by Crippen LogP contribution is 2.25. The smallest absolute Gasteiger partial charge is 0.228 e. The number of hydrogen-bond donors (Lipinski definition) is 1. The Bertz CT molecular complexity index is 585. The molecular formula is C14H17N3O2S. The fourth-order valence-electron chi connectivity index (χ4n) is 2.62. The Labute approximate surface area is 121 Å². The molecule has 2 aliphatic rings. The van der Waals surface area contributed by atoms with Gasteiger partial charge in [-0.3, -0.25) is 9.59 Å². The lowest BCUT2D eigenvalue weighted by Crippen LogP contribution is -2.33. The molecule has 0 radical (unpaired) electrons. The zero-order valence-corrected chi connectivity index (χ0v) is 12.3. The van der Waals surface area contributed by atoms with Crippen molar-refractivity contribution in [1.82, 2.24) is 15.2 Å². The van der Waals surface area contributed by atoms with Crippen molar-refractivity contribution in [3.05, 3.63) is 27.4 Å². The summed E-state index contributed by atoms with van der Waals surface area (Å²) in [5.74, 6) is -0.278. The Balaban J connectivity index is 1.65. The van der Waals surface area contributed by atoms with E-state index in [1.807, 2.05) is 6.92 Å². The Morgan fingerprint density at radius 1 is 1.35 bits per heavy atom. The third-order valence-electron chi connectivity index (χ3n) is 3.64. The van der Waals surface area contributed by atoms with E-state index in [9.17, 15) is 9.59 Å². The lowest BCUT2D eigenvalue weighted by molar-refractivity contribution is 0.0977. The molecule has 0 unspecified atom stereocenters. The number of hydrogen-bond acceptors (Lipinski definition) is 6. The van der Waals surface area contributed by atoms with Gasteiger partial charge in [0.05, 0.1) is 10.7 Å². The molecule has 106 valence electrons. The highest BCUT2D eigenvalue weighted by atomic mass is 32.1. The monoisotopic (exact) mass is 291 g/mol. The maximum Gasteiger partial charge on any atom is 0.228 e. The second-order valence-corrected chi connectivity index (χ2v) is 6.34. The standard InChI is InChI=1S/C14H17N3O2S/c1-9-16-12-13(19)10(8-11(18)14(12)20-9)15-4-7-17-5-2-3-6-17/h8,15H,2-7H2,1H3. The molecule has 20 heavy (non-hydrogen) atoms. The molecule has 1 aliphatic carbocycles. The van der Waals surface area contributed by atoms with Crippen LogP contribution in [0, 0.1) is 6.92 Å². The van der Waals surface area contributed by atoms with E-state index in [4.69, 9.17) is 0 Å². The van der Waals surface area contributed by atoms with Crippen LogP contribution in [0.15, 0.2) is 11.8 Å². The van der Waals surface area contributed by atoms with E-state index < -0.39 is 0 Å². The molecule has 2 heterocycles. The first-order valence-electron chi connectivity index (χ1n) is 6.89. The van der Waals surface area contributed by atoms with Gasteiger partial charge in [-0.25, -0.2) is 4.98 Å². The summed E-state index contributed by atoms with van der Waals surface area (Å²) in [5, 5.41) is 3.85. The number of aryl methyl sites for hydroxylation is 1. The Hall–Kier alpha value is -1.53. The van der Waals surface area contributed by atoms with E-state index >= 15 is 0 Å². The van der Waals surface area contributed by atoms with Crippen LogP contribution in [-0.4, -0.2) is 47.6 Å². The molecule has 0 atom stereocenters. The van der Waals surface area contributed by atoms with Crippen LogP contribution in [0.2, 0.25) is 0 Å². The van der Waals surface area contributed by atoms with E-state index in [2.05, 4.69) is 15.2 Å². The molecule has 0 saturated carbocycles. The average Bonchev–Trinajstić information content (AvgIpc) is 3.04. The molecule has 0 amide bonds. The summed E-state index contributed by atoms with van der Waals surface area (Å²) in [6, 6.07) is 0. The summed E-state index contributed by atoms with van der Waals surface area (Å²) in [7, 11) is 0. The van der Waals surface area contributed by atoms with Crippen molar-refractivity contribution < 1.29 is 9.59 Å². The molecule has 5 nitrogen and oxygen atoms in total. The lowest BCUT2D eigenvalue weighted by Gasteiger charge is -2.17. The maximum absolute atomic E-state index is 12.3. The molecule has 6 heteroatoms. The van der Waals surface area contributed by atoms with Crippen LogP contribution < -0.4 is 5.32 Å². The first-order chi connectivity index (χ1) is 9.65. The summed E-state index contributed by atoms with van der Waals surface area (Å²) in [6.45, 7) is 5.65. The number of fused-ring (bicyclic) bond motifs is 1. The minimum atomic E-state index is -0.162. The van der Waals surface area contributed by atoms with Gasteiger partial charge >= 0.3 is 0 Å². The normalized spacial score (nSPS) is 19.1. The van der Waals surface area contributed by atoms with Gasteiger partial charge in [-0.15, -0.1) is 11.3 Å². The van der Waals surface area contributed by atoms with Crippen LogP contribution in [-0.2, 0) is 0 Å². The Morgan fingerprint density at radius 3 is 2.85 bits per heavy atom. The third-order valence-corrected chi connectivity index (χ3v) is 4.62. The van der Waals surface area contributed by atoms with E-state index in [1.165, 1.54) is 30.3 Å². The average molecular weight is 291 g/mol. The second-order valence-electron chi connectivity index (χ2n) is 5.14. The third kappa shape index (κ3) is 2.53. The van der Waals surface area contributed by atoms with Crippen molar-refractivity contribution in [2.24, 2.45) is 0 Å². The highest BCUT2D eigenvalue weighted by Gasteiger charge is 2.29. The molecule has 0 bridgehead atoms. The Morgan fingerprint density at radius 2 is 2.10 bits per heavy atom.